The molecule has 0 aromatic heterocycles. The highest BCUT2D eigenvalue weighted by Gasteiger charge is 2.35. The Kier molecular flexibility index (Phi) is 5.52. The first-order chi connectivity index (χ1) is 8.50. The van der Waals surface area contributed by atoms with Crippen LogP contribution in [0.2, 0.25) is 0 Å². The van der Waals surface area contributed by atoms with Gasteiger partial charge in [-0.25, -0.2) is 0 Å². The highest BCUT2D eigenvalue weighted by Crippen LogP contribution is 2.36. The number of rotatable bonds is 4. The van der Waals surface area contributed by atoms with Gasteiger partial charge in [-0.3, -0.25) is 0 Å². The lowest BCUT2D eigenvalue weighted by Crippen LogP contribution is -2.53. The molecule has 1 heteroatoms. The Bertz CT molecular complexity index is 272. The van der Waals surface area contributed by atoms with Crippen molar-refractivity contribution in [3.63, 3.8) is 0 Å². The van der Waals surface area contributed by atoms with Crippen LogP contribution in [0.3, 0.4) is 0 Å². The second-order valence-electron chi connectivity index (χ2n) is 9.20. The van der Waals surface area contributed by atoms with Crippen molar-refractivity contribution in [1.29, 1.82) is 0 Å². The van der Waals surface area contributed by atoms with Crippen LogP contribution in [-0.4, -0.2) is 11.6 Å². The monoisotopic (exact) mass is 267 g/mol. The lowest BCUT2D eigenvalue weighted by molar-refractivity contribution is 0.123. The third-order valence-electron chi connectivity index (χ3n) is 4.57. The Morgan fingerprint density at radius 2 is 1.63 bits per heavy atom. The maximum atomic E-state index is 4.01. The molecule has 1 rings (SSSR count). The topological polar surface area (TPSA) is 12.0 Å². The molecule has 0 aromatic carbocycles. The van der Waals surface area contributed by atoms with Crippen LogP contribution in [0.4, 0.5) is 0 Å². The molecule has 1 aliphatic carbocycles. The van der Waals surface area contributed by atoms with E-state index in [0.29, 0.717) is 11.5 Å². The highest BCUT2D eigenvalue weighted by atomic mass is 15.0. The second kappa shape index (κ2) is 6.16. The van der Waals surface area contributed by atoms with E-state index in [-0.39, 0.29) is 5.54 Å². The van der Waals surface area contributed by atoms with E-state index in [1.807, 2.05) is 0 Å². The molecule has 1 fully saturated rings. The fourth-order valence-corrected chi connectivity index (χ4v) is 4.25. The molecule has 0 saturated heterocycles. The van der Waals surface area contributed by atoms with E-state index in [1.165, 1.54) is 25.7 Å². The molecule has 1 N–H and O–H groups in total. The van der Waals surface area contributed by atoms with Crippen LogP contribution in [0.5, 0.6) is 0 Å². The molecule has 3 atom stereocenters. The van der Waals surface area contributed by atoms with Crippen LogP contribution in [0.25, 0.3) is 0 Å². The van der Waals surface area contributed by atoms with Gasteiger partial charge in [-0.2, -0.15) is 0 Å². The summed E-state index contributed by atoms with van der Waals surface area (Å²) >= 11 is 0. The van der Waals surface area contributed by atoms with Crippen LogP contribution in [0.1, 0.15) is 81.1 Å². The lowest BCUT2D eigenvalue weighted by Gasteiger charge is -2.44. The molecule has 0 heterocycles. The van der Waals surface area contributed by atoms with Crippen LogP contribution in [-0.2, 0) is 0 Å². The molecule has 0 aromatic rings. The predicted octanol–water partition coefficient (Wildman–Crippen LogP) is 5.25. The van der Waals surface area contributed by atoms with Crippen LogP contribution in [0, 0.1) is 23.2 Å². The molecule has 0 bridgehead atoms. The molecule has 0 aliphatic heterocycles. The quantitative estimate of drug-likeness (QED) is 0.733. The van der Waals surface area contributed by atoms with Gasteiger partial charge in [0.2, 0.25) is 0 Å². The third-order valence-corrected chi connectivity index (χ3v) is 4.57. The smallest absolute Gasteiger partial charge is 0.0132 e. The summed E-state index contributed by atoms with van der Waals surface area (Å²) < 4.78 is 0. The van der Waals surface area contributed by atoms with Crippen LogP contribution < -0.4 is 5.32 Å². The minimum absolute atomic E-state index is 0.243. The molecule has 1 saturated carbocycles. The summed E-state index contributed by atoms with van der Waals surface area (Å²) in [7, 11) is 0. The van der Waals surface area contributed by atoms with Gasteiger partial charge in [-0.05, 0) is 56.3 Å². The Morgan fingerprint density at radius 1 is 1.05 bits per heavy atom. The van der Waals surface area contributed by atoms with Gasteiger partial charge < -0.3 is 5.32 Å². The molecule has 0 spiro atoms. The molecule has 0 amide bonds. The van der Waals surface area contributed by atoms with Crippen molar-refractivity contribution in [2.75, 3.05) is 0 Å². The Morgan fingerprint density at radius 3 is 2.11 bits per heavy atom. The molecular weight excluding hydrogens is 230 g/mol. The standard InChI is InChI=1S/C18H37N/c1-13(2)15-10-9-14(3)11-16(15)19-18(7,8)12-17(4,5)6/h13-16,19H,9-12H2,1-8H3/t14-,15+,16?/m1/s1. The number of hydrogen-bond acceptors (Lipinski definition) is 1. The van der Waals surface area contributed by atoms with Crippen LogP contribution >= 0.6 is 0 Å². The van der Waals surface area contributed by atoms with Crippen molar-refractivity contribution >= 4 is 0 Å². The highest BCUT2D eigenvalue weighted by molar-refractivity contribution is 4.92. The van der Waals surface area contributed by atoms with Gasteiger partial charge in [-0.1, -0.05) is 48.0 Å². The van der Waals surface area contributed by atoms with Crippen molar-refractivity contribution in [1.82, 2.24) is 5.32 Å². The van der Waals surface area contributed by atoms with Gasteiger partial charge in [0.05, 0.1) is 0 Å². The summed E-state index contributed by atoms with van der Waals surface area (Å²) in [5.74, 6) is 2.55. The molecule has 1 nitrogen and oxygen atoms in total. The van der Waals surface area contributed by atoms with Gasteiger partial charge >= 0.3 is 0 Å². The van der Waals surface area contributed by atoms with Gasteiger partial charge in [0.15, 0.2) is 0 Å². The lowest BCUT2D eigenvalue weighted by atomic mass is 9.72. The van der Waals surface area contributed by atoms with Crippen molar-refractivity contribution in [2.45, 2.75) is 92.7 Å². The molecule has 19 heavy (non-hydrogen) atoms. The molecule has 1 unspecified atom stereocenters. The minimum atomic E-state index is 0.243. The van der Waals surface area contributed by atoms with E-state index in [0.717, 1.165) is 17.8 Å². The molecular formula is C18H37N. The molecule has 0 radical (unpaired) electrons. The fourth-order valence-electron chi connectivity index (χ4n) is 4.25. The van der Waals surface area contributed by atoms with Crippen LogP contribution in [0.15, 0.2) is 0 Å². The van der Waals surface area contributed by atoms with Gasteiger partial charge in [0.1, 0.15) is 0 Å². The summed E-state index contributed by atoms with van der Waals surface area (Å²) in [6.45, 7) is 19.0. The van der Waals surface area contributed by atoms with Crippen molar-refractivity contribution in [2.24, 2.45) is 23.2 Å². The van der Waals surface area contributed by atoms with Gasteiger partial charge in [-0.15, -0.1) is 0 Å². The normalized spacial score (nSPS) is 29.8. The molecule has 114 valence electrons. The summed E-state index contributed by atoms with van der Waals surface area (Å²) in [5, 5.41) is 4.01. The van der Waals surface area contributed by atoms with E-state index in [9.17, 15) is 0 Å². The zero-order chi connectivity index (χ0) is 14.8. The Labute approximate surface area is 121 Å². The first-order valence-corrected chi connectivity index (χ1v) is 8.28. The zero-order valence-corrected chi connectivity index (χ0v) is 14.6. The first-order valence-electron chi connectivity index (χ1n) is 8.28. The maximum Gasteiger partial charge on any atom is 0.0132 e. The summed E-state index contributed by atoms with van der Waals surface area (Å²) in [6.07, 6.45) is 5.41. The second-order valence-corrected chi connectivity index (χ2v) is 9.20. The van der Waals surface area contributed by atoms with Crippen molar-refractivity contribution in [3.05, 3.63) is 0 Å². The van der Waals surface area contributed by atoms with Gasteiger partial charge in [0, 0.05) is 11.6 Å². The summed E-state index contributed by atoms with van der Waals surface area (Å²) in [6, 6.07) is 0.709. The zero-order valence-electron chi connectivity index (χ0n) is 14.6. The van der Waals surface area contributed by atoms with E-state index in [1.54, 1.807) is 0 Å². The van der Waals surface area contributed by atoms with Crippen molar-refractivity contribution in [3.8, 4) is 0 Å². The number of hydrogen-bond donors (Lipinski definition) is 1. The minimum Gasteiger partial charge on any atom is -0.309 e. The first kappa shape index (κ1) is 17.0. The largest absolute Gasteiger partial charge is 0.309 e. The Balaban J connectivity index is 2.70. The van der Waals surface area contributed by atoms with E-state index in [4.69, 9.17) is 0 Å². The van der Waals surface area contributed by atoms with E-state index in [2.05, 4.69) is 60.7 Å². The summed E-state index contributed by atoms with van der Waals surface area (Å²) in [5.41, 5.74) is 0.636. The summed E-state index contributed by atoms with van der Waals surface area (Å²) in [4.78, 5) is 0. The van der Waals surface area contributed by atoms with Gasteiger partial charge in [0.25, 0.3) is 0 Å². The Hall–Kier alpha value is -0.0400. The fraction of sp³-hybridized carbons (Fsp3) is 1.00. The molecule has 1 aliphatic rings. The van der Waals surface area contributed by atoms with E-state index >= 15 is 0 Å². The SMILES string of the molecule is CC(C)[C@@H]1CC[C@@H](C)CC1NC(C)(C)CC(C)(C)C. The average molecular weight is 268 g/mol. The van der Waals surface area contributed by atoms with Crippen molar-refractivity contribution < 1.29 is 0 Å². The average Bonchev–Trinajstić information content (AvgIpc) is 2.11. The number of nitrogens with one attached hydrogen (secondary N) is 1. The van der Waals surface area contributed by atoms with E-state index < -0.39 is 0 Å². The third kappa shape index (κ3) is 5.85. The maximum absolute atomic E-state index is 4.01. The predicted molar refractivity (Wildman–Crippen MR) is 86.4 cm³/mol.